The van der Waals surface area contributed by atoms with Gasteiger partial charge in [-0.2, -0.15) is 0 Å². The number of likely N-dealkylation sites (N-methyl/N-ethyl adjacent to an activating group) is 1. The molecular formula is C62H118NO7+. The molecule has 0 radical (unpaired) electrons. The average Bonchev–Trinajstić information content (AvgIpc) is 3.33. The molecule has 0 aromatic heterocycles. The normalized spacial score (nSPS) is 12.9. The first kappa shape index (κ1) is 67.8. The molecule has 8 nitrogen and oxygen atoms in total. The summed E-state index contributed by atoms with van der Waals surface area (Å²) in [6, 6.07) is -0.615. The molecule has 0 saturated heterocycles. The molecule has 0 aromatic rings. The van der Waals surface area contributed by atoms with Crippen LogP contribution in [-0.4, -0.2) is 80.6 Å². The average molecular weight is 990 g/mol. The third-order valence-corrected chi connectivity index (χ3v) is 14.1. The molecule has 0 aliphatic rings. The second-order valence-corrected chi connectivity index (χ2v) is 22.0. The number of esters is 2. The zero-order chi connectivity index (χ0) is 51.3. The van der Waals surface area contributed by atoms with Crippen LogP contribution >= 0.6 is 0 Å². The van der Waals surface area contributed by atoms with E-state index < -0.39 is 18.1 Å². The number of nitrogens with zero attached hydrogens (tertiary/aromatic N) is 1. The minimum atomic E-state index is -0.872. The molecular weight excluding hydrogens is 871 g/mol. The molecule has 412 valence electrons. The van der Waals surface area contributed by atoms with E-state index in [2.05, 4.69) is 38.2 Å². The van der Waals surface area contributed by atoms with Crippen LogP contribution in [0.5, 0.6) is 0 Å². The number of carboxylic acids is 1. The Morgan fingerprint density at radius 2 is 0.714 bits per heavy atom. The van der Waals surface area contributed by atoms with E-state index in [0.29, 0.717) is 19.3 Å². The molecule has 0 rings (SSSR count). The Morgan fingerprint density at radius 1 is 0.414 bits per heavy atom. The topological polar surface area (TPSA) is 99.1 Å². The second kappa shape index (κ2) is 53.1. The number of carbonyl (C=O) groups excluding carboxylic acids is 2. The highest BCUT2D eigenvalue weighted by molar-refractivity contribution is 5.72. The van der Waals surface area contributed by atoms with Gasteiger partial charge in [0.05, 0.1) is 34.4 Å². The van der Waals surface area contributed by atoms with Gasteiger partial charge in [0.25, 0.3) is 0 Å². The lowest BCUT2D eigenvalue weighted by Crippen LogP contribution is -2.50. The molecule has 8 heteroatoms. The molecule has 70 heavy (non-hydrogen) atoms. The molecule has 0 aliphatic heterocycles. The zero-order valence-electron chi connectivity index (χ0n) is 47.2. The van der Waals surface area contributed by atoms with Crippen molar-refractivity contribution in [3.63, 3.8) is 0 Å². The number of aliphatic carboxylic acids is 1. The second-order valence-electron chi connectivity index (χ2n) is 22.0. The van der Waals surface area contributed by atoms with Gasteiger partial charge in [-0.15, -0.1) is 0 Å². The highest BCUT2D eigenvalue weighted by Crippen LogP contribution is 2.17. The van der Waals surface area contributed by atoms with Crippen molar-refractivity contribution in [3.05, 3.63) is 24.3 Å². The van der Waals surface area contributed by atoms with E-state index >= 15 is 0 Å². The number of carboxylic acid groups (broad SMARTS) is 1. The first-order valence-electron chi connectivity index (χ1n) is 30.4. The van der Waals surface area contributed by atoms with Crippen LogP contribution in [0.3, 0.4) is 0 Å². The monoisotopic (exact) mass is 989 g/mol. The molecule has 1 N–H and O–H groups in total. The predicted molar refractivity (Wildman–Crippen MR) is 299 cm³/mol. The fourth-order valence-electron chi connectivity index (χ4n) is 9.38. The molecule has 0 fully saturated rings. The standard InChI is InChI=1S/C62H117NO7/c1-6-8-10-12-14-16-18-20-22-24-26-28-30-32-34-36-38-40-42-44-46-48-50-52-60(64)69-57-58(56-68-55-54-59(62(66)67)63(3,4)5)70-61(65)53-51-49-47-45-43-41-39-37-35-33-31-29-27-25-23-21-19-17-15-13-11-9-7-2/h32-35,58-59H,6-31,36-57H2,1-5H3/p+1/b34-32+,35-33+. The van der Waals surface area contributed by atoms with Crippen LogP contribution in [0.2, 0.25) is 0 Å². The summed E-state index contributed by atoms with van der Waals surface area (Å²) < 4.78 is 17.4. The maximum absolute atomic E-state index is 12.9. The number of allylic oxidation sites excluding steroid dienone is 4. The van der Waals surface area contributed by atoms with Crippen LogP contribution in [0.25, 0.3) is 0 Å². The molecule has 2 unspecified atom stereocenters. The minimum absolute atomic E-state index is 0.0509. The van der Waals surface area contributed by atoms with Crippen molar-refractivity contribution in [2.75, 3.05) is 41.0 Å². The SMILES string of the molecule is CCCCCCCCCCCCCC/C=C/CCCCCCCCCC(=O)OCC(COCCC(C(=O)O)[N+](C)(C)C)OC(=O)CCCCCCCCC/C=C/CCCCCCCCCCCCCC. The summed E-state index contributed by atoms with van der Waals surface area (Å²) in [5.74, 6) is -1.46. The number of quaternary nitrogens is 1. The Hall–Kier alpha value is -2.19. The lowest BCUT2D eigenvalue weighted by molar-refractivity contribution is -0.887. The van der Waals surface area contributed by atoms with Gasteiger partial charge in [-0.1, -0.05) is 244 Å². The number of hydrogen-bond acceptors (Lipinski definition) is 6. The summed E-state index contributed by atoms with van der Waals surface area (Å²) >= 11 is 0. The Bertz CT molecular complexity index is 1200. The first-order chi connectivity index (χ1) is 34.1. The maximum Gasteiger partial charge on any atom is 0.362 e. The van der Waals surface area contributed by atoms with E-state index in [-0.39, 0.29) is 36.2 Å². The van der Waals surface area contributed by atoms with Gasteiger partial charge in [0, 0.05) is 19.3 Å². The van der Waals surface area contributed by atoms with E-state index in [1.165, 1.54) is 231 Å². The first-order valence-corrected chi connectivity index (χ1v) is 30.4. The van der Waals surface area contributed by atoms with Crippen molar-refractivity contribution in [2.24, 2.45) is 0 Å². The summed E-state index contributed by atoms with van der Waals surface area (Å²) in [6.45, 7) is 4.79. The van der Waals surface area contributed by atoms with Crippen molar-refractivity contribution < 1.29 is 38.2 Å². The van der Waals surface area contributed by atoms with Crippen LogP contribution in [0.4, 0.5) is 0 Å². The summed E-state index contributed by atoms with van der Waals surface area (Å²) in [6.07, 6.45) is 63.9. The number of hydrogen-bond donors (Lipinski definition) is 1. The maximum atomic E-state index is 12.9. The van der Waals surface area contributed by atoms with Crippen LogP contribution < -0.4 is 0 Å². The third kappa shape index (κ3) is 50.7. The fraction of sp³-hybridized carbons (Fsp3) is 0.887. The van der Waals surface area contributed by atoms with E-state index in [4.69, 9.17) is 14.2 Å². The number of unbranched alkanes of at least 4 members (excludes halogenated alkanes) is 38. The largest absolute Gasteiger partial charge is 0.477 e. The Balaban J connectivity index is 4.13. The smallest absolute Gasteiger partial charge is 0.362 e. The fourth-order valence-corrected chi connectivity index (χ4v) is 9.38. The number of carbonyl (C=O) groups is 3. The van der Waals surface area contributed by atoms with E-state index in [1.54, 1.807) is 0 Å². The van der Waals surface area contributed by atoms with Gasteiger partial charge in [-0.05, 0) is 64.2 Å². The van der Waals surface area contributed by atoms with Gasteiger partial charge in [0.1, 0.15) is 6.61 Å². The van der Waals surface area contributed by atoms with Crippen molar-refractivity contribution in [3.8, 4) is 0 Å². The quantitative estimate of drug-likeness (QED) is 0.0280. The molecule has 0 aliphatic carbocycles. The molecule has 0 saturated carbocycles. The number of ether oxygens (including phenoxy) is 3. The Labute approximate surface area is 434 Å². The third-order valence-electron chi connectivity index (χ3n) is 14.1. The van der Waals surface area contributed by atoms with Crippen molar-refractivity contribution in [1.29, 1.82) is 0 Å². The van der Waals surface area contributed by atoms with Crippen molar-refractivity contribution in [2.45, 2.75) is 315 Å². The summed E-state index contributed by atoms with van der Waals surface area (Å²) in [5, 5.41) is 9.69. The van der Waals surface area contributed by atoms with Crippen molar-refractivity contribution in [1.82, 2.24) is 0 Å². The summed E-state index contributed by atoms with van der Waals surface area (Å²) in [7, 11) is 5.55. The minimum Gasteiger partial charge on any atom is -0.477 e. The van der Waals surface area contributed by atoms with Crippen LogP contribution in [-0.2, 0) is 28.6 Å². The summed E-state index contributed by atoms with van der Waals surface area (Å²) in [4.78, 5) is 37.3. The van der Waals surface area contributed by atoms with Crippen LogP contribution in [0, 0.1) is 0 Å². The van der Waals surface area contributed by atoms with Gasteiger partial charge >= 0.3 is 17.9 Å². The molecule has 2 atom stereocenters. The van der Waals surface area contributed by atoms with Gasteiger partial charge in [-0.25, -0.2) is 4.79 Å². The Kier molecular flexibility index (Phi) is 51.5. The predicted octanol–water partition coefficient (Wildman–Crippen LogP) is 18.3. The van der Waals surface area contributed by atoms with E-state index in [1.807, 2.05) is 21.1 Å². The number of rotatable bonds is 56. The highest BCUT2D eigenvalue weighted by atomic mass is 16.6. The van der Waals surface area contributed by atoms with Crippen LogP contribution in [0.1, 0.15) is 303 Å². The molecule has 0 amide bonds. The molecule has 0 aromatic carbocycles. The van der Waals surface area contributed by atoms with Crippen LogP contribution in [0.15, 0.2) is 24.3 Å². The Morgan fingerprint density at radius 3 is 1.03 bits per heavy atom. The molecule has 0 spiro atoms. The van der Waals surface area contributed by atoms with Gasteiger partial charge < -0.3 is 23.8 Å². The summed E-state index contributed by atoms with van der Waals surface area (Å²) in [5.41, 5.74) is 0. The van der Waals surface area contributed by atoms with E-state index in [0.717, 1.165) is 38.5 Å². The van der Waals surface area contributed by atoms with Crippen molar-refractivity contribution >= 4 is 17.9 Å². The molecule has 0 heterocycles. The lowest BCUT2D eigenvalue weighted by atomic mass is 10.0. The van der Waals surface area contributed by atoms with Gasteiger partial charge in [0.15, 0.2) is 12.1 Å². The zero-order valence-corrected chi connectivity index (χ0v) is 47.2. The van der Waals surface area contributed by atoms with Gasteiger partial charge in [0.2, 0.25) is 0 Å². The van der Waals surface area contributed by atoms with Gasteiger partial charge in [-0.3, -0.25) is 9.59 Å². The van der Waals surface area contributed by atoms with E-state index in [9.17, 15) is 19.5 Å². The lowest BCUT2D eigenvalue weighted by Gasteiger charge is -2.31. The highest BCUT2D eigenvalue weighted by Gasteiger charge is 2.31. The molecule has 0 bridgehead atoms.